The number of nitrogens with one attached hydrogen (secondary N) is 1. The van der Waals surface area contributed by atoms with Gasteiger partial charge in [0.2, 0.25) is 5.91 Å². The highest BCUT2D eigenvalue weighted by Gasteiger charge is 2.31. The number of aliphatic imine (C=N–C) groups is 1. The van der Waals surface area contributed by atoms with E-state index in [0.29, 0.717) is 43.6 Å². The monoisotopic (exact) mass is 421 g/mol. The Bertz CT molecular complexity index is 732. The zero-order valence-electron chi connectivity index (χ0n) is 16.3. The number of amides is 1. The third kappa shape index (κ3) is 6.75. The highest BCUT2D eigenvalue weighted by atomic mass is 19.4. The summed E-state index contributed by atoms with van der Waals surface area (Å²) in [6, 6.07) is 3.27. The third-order valence-corrected chi connectivity index (χ3v) is 4.37. The molecule has 1 saturated heterocycles. The van der Waals surface area contributed by atoms with Gasteiger partial charge in [0.1, 0.15) is 24.7 Å². The molecular weight excluding hydrogens is 397 g/mol. The van der Waals surface area contributed by atoms with Crippen LogP contribution in [0, 0.1) is 11.6 Å². The number of hydrogen-bond acceptors (Lipinski definition) is 3. The van der Waals surface area contributed by atoms with E-state index in [-0.39, 0.29) is 5.69 Å². The van der Waals surface area contributed by atoms with E-state index in [4.69, 9.17) is 0 Å². The molecule has 11 heteroatoms. The minimum Gasteiger partial charge on any atom is -0.366 e. The van der Waals surface area contributed by atoms with Gasteiger partial charge in [-0.2, -0.15) is 13.2 Å². The van der Waals surface area contributed by atoms with Crippen LogP contribution in [0.25, 0.3) is 0 Å². The minimum absolute atomic E-state index is 0.176. The second-order valence-electron chi connectivity index (χ2n) is 6.60. The van der Waals surface area contributed by atoms with Crippen LogP contribution in [0.1, 0.15) is 6.92 Å². The SMILES string of the molecule is CCNC(=NCC(=O)N(C)CC(F)(F)F)N1CCN(c2cc(F)ccc2F)CC1. The Balaban J connectivity index is 1.98. The van der Waals surface area contributed by atoms with E-state index in [1.165, 1.54) is 0 Å². The number of carbonyl (C=O) groups is 1. The lowest BCUT2D eigenvalue weighted by atomic mass is 10.2. The van der Waals surface area contributed by atoms with Crippen molar-refractivity contribution < 1.29 is 26.7 Å². The van der Waals surface area contributed by atoms with Crippen molar-refractivity contribution in [2.24, 2.45) is 4.99 Å². The molecule has 0 unspecified atom stereocenters. The summed E-state index contributed by atoms with van der Waals surface area (Å²) in [5.41, 5.74) is 0.176. The lowest BCUT2D eigenvalue weighted by Gasteiger charge is -2.37. The van der Waals surface area contributed by atoms with Crippen molar-refractivity contribution in [3.63, 3.8) is 0 Å². The number of anilines is 1. The quantitative estimate of drug-likeness (QED) is 0.449. The zero-order valence-corrected chi connectivity index (χ0v) is 16.3. The number of likely N-dealkylation sites (N-methyl/N-ethyl adjacent to an activating group) is 1. The lowest BCUT2D eigenvalue weighted by Crippen LogP contribution is -2.53. The Labute approximate surface area is 166 Å². The van der Waals surface area contributed by atoms with Crippen LogP contribution >= 0.6 is 0 Å². The molecule has 1 N–H and O–H groups in total. The number of rotatable bonds is 5. The van der Waals surface area contributed by atoms with Crippen molar-refractivity contribution in [3.8, 4) is 0 Å². The maximum absolute atomic E-state index is 14.0. The van der Waals surface area contributed by atoms with E-state index >= 15 is 0 Å². The van der Waals surface area contributed by atoms with E-state index in [1.807, 2.05) is 11.8 Å². The number of guanidine groups is 1. The van der Waals surface area contributed by atoms with Gasteiger partial charge in [-0.15, -0.1) is 0 Å². The standard InChI is InChI=1S/C18H24F5N5O/c1-3-24-17(25-11-16(29)26(2)12-18(21,22)23)28-8-6-27(7-9-28)15-10-13(19)4-5-14(15)20/h4-5,10H,3,6-9,11-12H2,1-2H3,(H,24,25). The Kier molecular flexibility index (Phi) is 7.63. The molecule has 162 valence electrons. The highest BCUT2D eigenvalue weighted by molar-refractivity contribution is 5.85. The zero-order chi connectivity index (χ0) is 21.6. The number of halogens is 5. The molecule has 2 rings (SSSR count). The van der Waals surface area contributed by atoms with Crippen molar-refractivity contribution in [2.75, 3.05) is 57.8 Å². The molecule has 1 amide bonds. The topological polar surface area (TPSA) is 51.2 Å². The van der Waals surface area contributed by atoms with Gasteiger partial charge in [0.25, 0.3) is 0 Å². The van der Waals surface area contributed by atoms with Crippen LogP contribution in [-0.2, 0) is 4.79 Å². The van der Waals surface area contributed by atoms with Crippen LogP contribution < -0.4 is 10.2 Å². The number of carbonyl (C=O) groups excluding carboxylic acids is 1. The van der Waals surface area contributed by atoms with Crippen molar-refractivity contribution in [1.29, 1.82) is 0 Å². The van der Waals surface area contributed by atoms with Gasteiger partial charge in [-0.3, -0.25) is 4.79 Å². The Morgan fingerprint density at radius 2 is 1.86 bits per heavy atom. The van der Waals surface area contributed by atoms with Gasteiger partial charge < -0.3 is 20.0 Å². The van der Waals surface area contributed by atoms with Gasteiger partial charge in [0.15, 0.2) is 5.96 Å². The summed E-state index contributed by atoms with van der Waals surface area (Å²) in [6.45, 7) is 2.21. The molecule has 0 saturated carbocycles. The fourth-order valence-electron chi connectivity index (χ4n) is 2.93. The van der Waals surface area contributed by atoms with Crippen LogP contribution in [-0.4, -0.2) is 80.7 Å². The molecule has 1 aliphatic heterocycles. The molecule has 0 aliphatic carbocycles. The Morgan fingerprint density at radius 1 is 1.21 bits per heavy atom. The second-order valence-corrected chi connectivity index (χ2v) is 6.60. The number of piperazine rings is 1. The van der Waals surface area contributed by atoms with Gasteiger partial charge >= 0.3 is 6.18 Å². The van der Waals surface area contributed by atoms with Crippen LogP contribution in [0.5, 0.6) is 0 Å². The largest absolute Gasteiger partial charge is 0.406 e. The molecule has 0 atom stereocenters. The summed E-state index contributed by atoms with van der Waals surface area (Å²) in [5, 5.41) is 3.00. The van der Waals surface area contributed by atoms with Gasteiger partial charge in [-0.05, 0) is 19.1 Å². The predicted molar refractivity (Wildman–Crippen MR) is 99.8 cm³/mol. The van der Waals surface area contributed by atoms with E-state index < -0.39 is 36.8 Å². The van der Waals surface area contributed by atoms with Gasteiger partial charge in [-0.1, -0.05) is 0 Å². The third-order valence-electron chi connectivity index (χ3n) is 4.37. The summed E-state index contributed by atoms with van der Waals surface area (Å²) >= 11 is 0. The molecule has 1 aromatic rings. The number of benzene rings is 1. The van der Waals surface area contributed by atoms with Crippen molar-refractivity contribution in [2.45, 2.75) is 13.1 Å². The summed E-state index contributed by atoms with van der Waals surface area (Å²) in [7, 11) is 1.07. The first kappa shape index (κ1) is 22.7. The highest BCUT2D eigenvalue weighted by Crippen LogP contribution is 2.22. The molecule has 29 heavy (non-hydrogen) atoms. The molecular formula is C18H24F5N5O. The van der Waals surface area contributed by atoms with E-state index in [1.54, 1.807) is 4.90 Å². The van der Waals surface area contributed by atoms with Crippen molar-refractivity contribution in [1.82, 2.24) is 15.1 Å². The first-order valence-electron chi connectivity index (χ1n) is 9.14. The maximum atomic E-state index is 14.0. The molecule has 0 radical (unpaired) electrons. The second kappa shape index (κ2) is 9.75. The molecule has 1 aliphatic rings. The van der Waals surface area contributed by atoms with Crippen molar-refractivity contribution >= 4 is 17.6 Å². The molecule has 1 aromatic carbocycles. The Morgan fingerprint density at radius 3 is 2.45 bits per heavy atom. The summed E-state index contributed by atoms with van der Waals surface area (Å²) in [6.07, 6.45) is -4.47. The minimum atomic E-state index is -4.47. The van der Waals surface area contributed by atoms with Crippen LogP contribution in [0.2, 0.25) is 0 Å². The lowest BCUT2D eigenvalue weighted by molar-refractivity contribution is -0.157. The molecule has 0 aromatic heterocycles. The van der Waals surface area contributed by atoms with Crippen molar-refractivity contribution in [3.05, 3.63) is 29.8 Å². The average Bonchev–Trinajstić information content (AvgIpc) is 2.65. The fourth-order valence-corrected chi connectivity index (χ4v) is 2.93. The predicted octanol–water partition coefficient (Wildman–Crippen LogP) is 2.07. The summed E-state index contributed by atoms with van der Waals surface area (Å²) in [5.74, 6) is -1.40. The Hall–Kier alpha value is -2.59. The smallest absolute Gasteiger partial charge is 0.366 e. The van der Waals surface area contributed by atoms with Gasteiger partial charge in [-0.25, -0.2) is 13.8 Å². The first-order valence-corrected chi connectivity index (χ1v) is 9.14. The molecule has 1 fully saturated rings. The fraction of sp³-hybridized carbons (Fsp3) is 0.556. The normalized spacial score (nSPS) is 15.5. The number of alkyl halides is 3. The van der Waals surface area contributed by atoms with Gasteiger partial charge in [0.05, 0.1) is 5.69 Å². The number of hydrogen-bond donors (Lipinski definition) is 1. The summed E-state index contributed by atoms with van der Waals surface area (Å²) in [4.78, 5) is 20.2. The molecule has 0 bridgehead atoms. The molecule has 1 heterocycles. The van der Waals surface area contributed by atoms with Crippen LogP contribution in [0.15, 0.2) is 23.2 Å². The van der Waals surface area contributed by atoms with E-state index in [9.17, 15) is 26.7 Å². The number of nitrogens with zero attached hydrogens (tertiary/aromatic N) is 4. The maximum Gasteiger partial charge on any atom is 0.406 e. The average molecular weight is 421 g/mol. The molecule has 0 spiro atoms. The van der Waals surface area contributed by atoms with Gasteiger partial charge in [0, 0.05) is 45.8 Å². The van der Waals surface area contributed by atoms with E-state index in [2.05, 4.69) is 10.3 Å². The van der Waals surface area contributed by atoms with E-state index in [0.717, 1.165) is 25.2 Å². The first-order chi connectivity index (χ1) is 13.6. The summed E-state index contributed by atoms with van der Waals surface area (Å²) < 4.78 is 64.6. The van der Waals surface area contributed by atoms with Crippen LogP contribution in [0.3, 0.4) is 0 Å². The van der Waals surface area contributed by atoms with Crippen LogP contribution in [0.4, 0.5) is 27.6 Å². The molecule has 6 nitrogen and oxygen atoms in total.